The molecule has 2 aromatic heterocycles. The average Bonchev–Trinajstić information content (AvgIpc) is 3.47. The molecule has 0 unspecified atom stereocenters. The summed E-state index contributed by atoms with van der Waals surface area (Å²) in [5.41, 5.74) is 1.93. The molecular weight excluding hydrogens is 456 g/mol. The highest BCUT2D eigenvalue weighted by molar-refractivity contribution is 7.12. The van der Waals surface area contributed by atoms with Crippen LogP contribution in [0.4, 0.5) is 5.95 Å². The number of nitrogens with one attached hydrogen (secondary N) is 1. The van der Waals surface area contributed by atoms with Crippen LogP contribution < -0.4 is 10.1 Å². The Labute approximate surface area is 199 Å². The first-order valence-corrected chi connectivity index (χ1v) is 11.5. The molecule has 6 nitrogen and oxygen atoms in total. The zero-order valence-corrected chi connectivity index (χ0v) is 19.0. The van der Waals surface area contributed by atoms with Gasteiger partial charge in [-0.3, -0.25) is 10.1 Å². The van der Waals surface area contributed by atoms with Gasteiger partial charge in [0.1, 0.15) is 18.7 Å². The number of carbonyl (C=O) groups is 1. The quantitative estimate of drug-likeness (QED) is 0.313. The molecule has 3 aromatic carbocycles. The zero-order valence-electron chi connectivity index (χ0n) is 17.4. The average molecular weight is 475 g/mol. The van der Waals surface area contributed by atoms with E-state index < -0.39 is 0 Å². The molecular formula is C25H19ClN4O2S. The Hall–Kier alpha value is -3.68. The molecule has 5 rings (SSSR count). The second-order valence-electron chi connectivity index (χ2n) is 7.47. The maximum atomic E-state index is 12.6. The van der Waals surface area contributed by atoms with Crippen LogP contribution in [0.15, 0.2) is 84.5 Å². The molecule has 0 aliphatic carbocycles. The van der Waals surface area contributed by atoms with Crippen molar-refractivity contribution in [3.63, 3.8) is 0 Å². The summed E-state index contributed by atoms with van der Waals surface area (Å²) in [7, 11) is 0. The third-order valence-electron chi connectivity index (χ3n) is 5.00. The first kappa shape index (κ1) is 21.2. The summed E-state index contributed by atoms with van der Waals surface area (Å²) in [5.74, 6) is 0.794. The molecule has 0 spiro atoms. The van der Waals surface area contributed by atoms with Gasteiger partial charge >= 0.3 is 0 Å². The molecule has 164 valence electrons. The molecule has 33 heavy (non-hydrogen) atoms. The van der Waals surface area contributed by atoms with E-state index in [1.807, 2.05) is 66.0 Å². The van der Waals surface area contributed by atoms with Crippen molar-refractivity contribution in [1.29, 1.82) is 0 Å². The number of rotatable bonds is 7. The Morgan fingerprint density at radius 2 is 1.88 bits per heavy atom. The van der Waals surface area contributed by atoms with Crippen molar-refractivity contribution in [1.82, 2.24) is 14.8 Å². The maximum absolute atomic E-state index is 12.6. The van der Waals surface area contributed by atoms with Gasteiger partial charge in [-0.25, -0.2) is 9.67 Å². The molecule has 0 radical (unpaired) electrons. The van der Waals surface area contributed by atoms with E-state index in [-0.39, 0.29) is 11.9 Å². The fraction of sp³-hybridized carbons (Fsp3) is 0.0800. The molecule has 8 heteroatoms. The van der Waals surface area contributed by atoms with Crippen molar-refractivity contribution in [3.8, 4) is 5.75 Å². The normalized spacial score (nSPS) is 10.9. The Morgan fingerprint density at radius 3 is 2.76 bits per heavy atom. The van der Waals surface area contributed by atoms with Gasteiger partial charge in [-0.2, -0.15) is 0 Å². The minimum atomic E-state index is -0.252. The SMILES string of the molecule is O=C(Nc1ncn(Cc2cccc(Cl)c2)n1)c1cc(COc2ccc3ccccc3c2)cs1. The predicted octanol–water partition coefficient (Wildman–Crippen LogP) is 6.03. The van der Waals surface area contributed by atoms with Crippen molar-refractivity contribution >= 4 is 45.6 Å². The molecule has 0 atom stereocenters. The van der Waals surface area contributed by atoms with E-state index >= 15 is 0 Å². The van der Waals surface area contributed by atoms with E-state index in [1.54, 1.807) is 11.0 Å². The standard InChI is InChI=1S/C25H19ClN4O2S/c26-21-7-3-4-17(10-21)13-30-16-27-25(29-30)28-24(31)23-11-18(15-33-23)14-32-22-9-8-19-5-1-2-6-20(19)12-22/h1-12,15-16H,13-14H2,(H,28,29,31). The lowest BCUT2D eigenvalue weighted by molar-refractivity contribution is 0.102. The second-order valence-corrected chi connectivity index (χ2v) is 8.81. The van der Waals surface area contributed by atoms with E-state index in [9.17, 15) is 4.79 Å². The van der Waals surface area contributed by atoms with E-state index in [4.69, 9.17) is 16.3 Å². The molecule has 0 aliphatic heterocycles. The van der Waals surface area contributed by atoms with Crippen LogP contribution in [0.2, 0.25) is 5.02 Å². The number of fused-ring (bicyclic) bond motifs is 1. The summed E-state index contributed by atoms with van der Waals surface area (Å²) in [6, 6.07) is 23.5. The van der Waals surface area contributed by atoms with Crippen LogP contribution >= 0.6 is 22.9 Å². The number of ether oxygens (including phenoxy) is 1. The minimum Gasteiger partial charge on any atom is -0.489 e. The van der Waals surface area contributed by atoms with Crippen molar-refractivity contribution < 1.29 is 9.53 Å². The summed E-state index contributed by atoms with van der Waals surface area (Å²) in [5, 5.41) is 11.9. The molecule has 0 saturated heterocycles. The highest BCUT2D eigenvalue weighted by atomic mass is 35.5. The summed E-state index contributed by atoms with van der Waals surface area (Å²) in [6.07, 6.45) is 1.58. The monoisotopic (exact) mass is 474 g/mol. The zero-order chi connectivity index (χ0) is 22.6. The first-order chi connectivity index (χ1) is 16.1. The topological polar surface area (TPSA) is 69.0 Å². The number of hydrogen-bond donors (Lipinski definition) is 1. The van der Waals surface area contributed by atoms with Gasteiger partial charge in [0.25, 0.3) is 5.91 Å². The number of carbonyl (C=O) groups excluding carboxylic acids is 1. The van der Waals surface area contributed by atoms with Gasteiger partial charge in [-0.05, 0) is 52.0 Å². The van der Waals surface area contributed by atoms with E-state index in [0.717, 1.165) is 22.3 Å². The van der Waals surface area contributed by atoms with Crippen molar-refractivity contribution in [3.05, 3.63) is 106 Å². The minimum absolute atomic E-state index is 0.252. The number of anilines is 1. The van der Waals surface area contributed by atoms with Crippen LogP contribution in [0.1, 0.15) is 20.8 Å². The number of benzene rings is 3. The van der Waals surface area contributed by atoms with E-state index in [1.165, 1.54) is 16.7 Å². The molecule has 0 bridgehead atoms. The number of halogens is 1. The van der Waals surface area contributed by atoms with Crippen LogP contribution in [0.25, 0.3) is 10.8 Å². The highest BCUT2D eigenvalue weighted by Crippen LogP contribution is 2.23. The summed E-state index contributed by atoms with van der Waals surface area (Å²) >= 11 is 7.38. The third-order valence-corrected chi connectivity index (χ3v) is 6.21. The van der Waals surface area contributed by atoms with Crippen molar-refractivity contribution in [2.45, 2.75) is 13.2 Å². The summed E-state index contributed by atoms with van der Waals surface area (Å²) < 4.78 is 7.57. The Morgan fingerprint density at radius 1 is 1.00 bits per heavy atom. The van der Waals surface area contributed by atoms with Crippen LogP contribution in [0, 0.1) is 0 Å². The predicted molar refractivity (Wildman–Crippen MR) is 131 cm³/mol. The highest BCUT2D eigenvalue weighted by Gasteiger charge is 2.12. The van der Waals surface area contributed by atoms with Crippen LogP contribution in [-0.4, -0.2) is 20.7 Å². The molecule has 0 aliphatic rings. The Bertz CT molecular complexity index is 1430. The number of amides is 1. The smallest absolute Gasteiger partial charge is 0.268 e. The van der Waals surface area contributed by atoms with Crippen molar-refractivity contribution in [2.75, 3.05) is 5.32 Å². The molecule has 5 aromatic rings. The molecule has 1 amide bonds. The van der Waals surface area contributed by atoms with Gasteiger partial charge in [0.15, 0.2) is 0 Å². The summed E-state index contributed by atoms with van der Waals surface area (Å²) in [4.78, 5) is 17.4. The largest absolute Gasteiger partial charge is 0.489 e. The van der Waals surface area contributed by atoms with Crippen LogP contribution in [0.5, 0.6) is 5.75 Å². The third kappa shape index (κ3) is 5.22. The first-order valence-electron chi connectivity index (χ1n) is 10.3. The fourth-order valence-corrected chi connectivity index (χ4v) is 4.41. The lowest BCUT2D eigenvalue weighted by Crippen LogP contribution is -2.12. The van der Waals surface area contributed by atoms with Gasteiger partial charge in [-0.1, -0.05) is 54.1 Å². The van der Waals surface area contributed by atoms with E-state index in [0.29, 0.717) is 23.1 Å². The lowest BCUT2D eigenvalue weighted by Gasteiger charge is -2.06. The van der Waals surface area contributed by atoms with Gasteiger partial charge in [-0.15, -0.1) is 16.4 Å². The van der Waals surface area contributed by atoms with Gasteiger partial charge in [0.05, 0.1) is 11.4 Å². The van der Waals surface area contributed by atoms with E-state index in [2.05, 4.69) is 27.5 Å². The van der Waals surface area contributed by atoms with Gasteiger partial charge < -0.3 is 4.74 Å². The van der Waals surface area contributed by atoms with Crippen molar-refractivity contribution in [2.24, 2.45) is 0 Å². The molecule has 2 heterocycles. The van der Waals surface area contributed by atoms with Gasteiger partial charge in [0, 0.05) is 10.6 Å². The molecule has 1 N–H and O–H groups in total. The number of aromatic nitrogens is 3. The molecule has 0 fully saturated rings. The second kappa shape index (κ2) is 9.44. The number of nitrogens with zero attached hydrogens (tertiary/aromatic N) is 3. The number of thiophene rings is 1. The maximum Gasteiger partial charge on any atom is 0.268 e. The Kier molecular flexibility index (Phi) is 6.06. The van der Waals surface area contributed by atoms with Crippen LogP contribution in [0.3, 0.4) is 0 Å². The van der Waals surface area contributed by atoms with Crippen LogP contribution in [-0.2, 0) is 13.2 Å². The number of hydrogen-bond acceptors (Lipinski definition) is 5. The Balaban J connectivity index is 1.18. The lowest BCUT2D eigenvalue weighted by atomic mass is 10.1. The van der Waals surface area contributed by atoms with Gasteiger partial charge in [0.2, 0.25) is 5.95 Å². The fourth-order valence-electron chi connectivity index (χ4n) is 3.41. The summed E-state index contributed by atoms with van der Waals surface area (Å²) in [6.45, 7) is 0.896. The molecule has 0 saturated carbocycles.